The van der Waals surface area contributed by atoms with Gasteiger partial charge in [-0.2, -0.15) is 0 Å². The molecule has 0 atom stereocenters. The Morgan fingerprint density at radius 2 is 2.10 bits per heavy atom. The maximum absolute atomic E-state index is 11.7. The van der Waals surface area contributed by atoms with E-state index >= 15 is 0 Å². The maximum Gasteiger partial charge on any atom is 0.341 e. The molecule has 6 heteroatoms. The fourth-order valence-corrected chi connectivity index (χ4v) is 1.89. The second-order valence-electron chi connectivity index (χ2n) is 4.38. The molecule has 0 bridgehead atoms. The molecule has 0 fully saturated rings. The summed E-state index contributed by atoms with van der Waals surface area (Å²) >= 11 is 5.84. The zero-order valence-corrected chi connectivity index (χ0v) is 12.1. The number of methoxy groups -OCH3 is 1. The third-order valence-electron chi connectivity index (χ3n) is 2.80. The van der Waals surface area contributed by atoms with Crippen molar-refractivity contribution < 1.29 is 9.53 Å². The predicted molar refractivity (Wildman–Crippen MR) is 82.5 cm³/mol. The second-order valence-corrected chi connectivity index (χ2v) is 4.82. The molecule has 0 radical (unpaired) electrons. The molecule has 0 saturated heterocycles. The number of hydrogen-bond donors (Lipinski definition) is 1. The van der Waals surface area contributed by atoms with Gasteiger partial charge in [-0.3, -0.25) is 0 Å². The van der Waals surface area contributed by atoms with Crippen LogP contribution in [0.15, 0.2) is 36.5 Å². The van der Waals surface area contributed by atoms with Gasteiger partial charge in [0.2, 0.25) is 0 Å². The first kappa shape index (κ1) is 14.4. The number of nitrogens with zero attached hydrogens (tertiary/aromatic N) is 1. The molecule has 2 aromatic rings. The molecule has 1 heterocycles. The molecular formula is C14H14BClN2O2. The number of carbonyl (C=O) groups is 1. The van der Waals surface area contributed by atoms with Crippen LogP contribution in [-0.4, -0.2) is 25.9 Å². The molecule has 0 spiro atoms. The second kappa shape index (κ2) is 6.43. The molecule has 0 amide bonds. The summed E-state index contributed by atoms with van der Waals surface area (Å²) in [5.41, 5.74) is 2.39. The first-order valence-corrected chi connectivity index (χ1v) is 6.51. The minimum atomic E-state index is -0.403. The molecule has 1 aromatic carbocycles. The summed E-state index contributed by atoms with van der Waals surface area (Å²) in [6, 6.07) is 9.23. The first-order valence-electron chi connectivity index (χ1n) is 6.13. The molecule has 4 nitrogen and oxygen atoms in total. The largest absolute Gasteiger partial charge is 0.465 e. The van der Waals surface area contributed by atoms with Crippen LogP contribution in [0.2, 0.25) is 5.02 Å². The highest BCUT2D eigenvalue weighted by Crippen LogP contribution is 2.14. The number of halogens is 1. The number of anilines is 1. The van der Waals surface area contributed by atoms with E-state index in [1.807, 2.05) is 32.1 Å². The molecule has 0 aliphatic carbocycles. The number of rotatable bonds is 4. The lowest BCUT2D eigenvalue weighted by Gasteiger charge is -2.10. The van der Waals surface area contributed by atoms with Crippen LogP contribution in [0.3, 0.4) is 0 Å². The number of benzene rings is 1. The van der Waals surface area contributed by atoms with Crippen LogP contribution in [0.5, 0.6) is 0 Å². The lowest BCUT2D eigenvalue weighted by Crippen LogP contribution is -2.15. The average molecular weight is 289 g/mol. The number of ether oxygens (including phenoxy) is 1. The molecule has 0 aliphatic rings. The molecule has 1 N–H and O–H groups in total. The minimum Gasteiger partial charge on any atom is -0.465 e. The van der Waals surface area contributed by atoms with E-state index in [0.717, 1.165) is 11.0 Å². The molecule has 1 aromatic heterocycles. The Hall–Kier alpha value is -2.01. The zero-order valence-electron chi connectivity index (χ0n) is 11.3. The van der Waals surface area contributed by atoms with Crippen molar-refractivity contribution in [3.63, 3.8) is 0 Å². The molecule has 102 valence electrons. The first-order chi connectivity index (χ1) is 9.60. The van der Waals surface area contributed by atoms with Crippen molar-refractivity contribution in [3.8, 4) is 0 Å². The van der Waals surface area contributed by atoms with Crippen LogP contribution in [-0.2, 0) is 11.3 Å². The van der Waals surface area contributed by atoms with Crippen LogP contribution in [0.25, 0.3) is 0 Å². The van der Waals surface area contributed by atoms with Gasteiger partial charge in [-0.25, -0.2) is 9.78 Å². The standard InChI is InChI=1S/C14H14BClN2O2/c1-20-14(19)12-6-10(15)8-18-13(12)17-7-9-2-4-11(16)5-3-9/h2-6,8H,7,15H2,1H3,(H,17,18). The maximum atomic E-state index is 11.7. The van der Waals surface area contributed by atoms with E-state index in [0.29, 0.717) is 22.9 Å². The Morgan fingerprint density at radius 1 is 1.40 bits per heavy atom. The number of hydrogen-bond acceptors (Lipinski definition) is 4. The third kappa shape index (κ3) is 3.51. The monoisotopic (exact) mass is 288 g/mol. The Balaban J connectivity index is 2.16. The third-order valence-corrected chi connectivity index (χ3v) is 3.05. The summed E-state index contributed by atoms with van der Waals surface area (Å²) in [4.78, 5) is 16.0. The van der Waals surface area contributed by atoms with Crippen molar-refractivity contribution in [2.45, 2.75) is 6.54 Å². The molecule has 2 rings (SSSR count). The highest BCUT2D eigenvalue weighted by molar-refractivity contribution is 6.32. The van der Waals surface area contributed by atoms with Gasteiger partial charge in [-0.1, -0.05) is 29.2 Å². The van der Waals surface area contributed by atoms with E-state index in [9.17, 15) is 4.79 Å². The molecule has 20 heavy (non-hydrogen) atoms. The Labute approximate surface area is 123 Å². The van der Waals surface area contributed by atoms with E-state index < -0.39 is 5.97 Å². The highest BCUT2D eigenvalue weighted by atomic mass is 35.5. The van der Waals surface area contributed by atoms with E-state index in [4.69, 9.17) is 16.3 Å². The quantitative estimate of drug-likeness (QED) is 0.682. The van der Waals surface area contributed by atoms with E-state index in [-0.39, 0.29) is 0 Å². The zero-order chi connectivity index (χ0) is 14.5. The molecule has 0 unspecified atom stereocenters. The van der Waals surface area contributed by atoms with E-state index in [1.54, 1.807) is 12.3 Å². The summed E-state index contributed by atoms with van der Waals surface area (Å²) in [5.74, 6) is 0.109. The Morgan fingerprint density at radius 3 is 2.75 bits per heavy atom. The van der Waals surface area contributed by atoms with Crippen molar-refractivity contribution in [3.05, 3.63) is 52.7 Å². The van der Waals surface area contributed by atoms with Gasteiger partial charge in [-0.15, -0.1) is 0 Å². The van der Waals surface area contributed by atoms with Gasteiger partial charge in [0.05, 0.1) is 7.11 Å². The Bertz CT molecular complexity index is 617. The Kier molecular flexibility index (Phi) is 4.63. The number of nitrogens with one attached hydrogen (secondary N) is 1. The number of aromatic nitrogens is 1. The summed E-state index contributed by atoms with van der Waals surface area (Å²) in [5, 5.41) is 3.83. The number of carbonyl (C=O) groups excluding carboxylic acids is 1. The van der Waals surface area contributed by atoms with Crippen molar-refractivity contribution in [1.82, 2.24) is 4.98 Å². The molecular weight excluding hydrogens is 274 g/mol. The van der Waals surface area contributed by atoms with Crippen molar-refractivity contribution >= 4 is 36.7 Å². The van der Waals surface area contributed by atoms with Crippen molar-refractivity contribution in [2.75, 3.05) is 12.4 Å². The SMILES string of the molecule is Bc1cnc(NCc2ccc(Cl)cc2)c(C(=O)OC)c1. The van der Waals surface area contributed by atoms with Crippen LogP contribution in [0.4, 0.5) is 5.82 Å². The van der Waals surface area contributed by atoms with E-state index in [1.165, 1.54) is 7.11 Å². The summed E-state index contributed by atoms with van der Waals surface area (Å²) in [7, 11) is 3.23. The highest BCUT2D eigenvalue weighted by Gasteiger charge is 2.13. The fourth-order valence-electron chi connectivity index (χ4n) is 1.76. The van der Waals surface area contributed by atoms with Gasteiger partial charge in [0.1, 0.15) is 19.2 Å². The van der Waals surface area contributed by atoms with Gasteiger partial charge >= 0.3 is 5.97 Å². The fraction of sp³-hybridized carbons (Fsp3) is 0.143. The lowest BCUT2D eigenvalue weighted by atomic mass is 9.97. The van der Waals surface area contributed by atoms with Gasteiger partial charge in [-0.05, 0) is 23.8 Å². The van der Waals surface area contributed by atoms with E-state index in [2.05, 4.69) is 10.3 Å². The summed E-state index contributed by atoms with van der Waals surface area (Å²) < 4.78 is 4.76. The van der Waals surface area contributed by atoms with Crippen LogP contribution in [0.1, 0.15) is 15.9 Å². The van der Waals surface area contributed by atoms with Crippen LogP contribution < -0.4 is 10.8 Å². The van der Waals surface area contributed by atoms with Crippen LogP contribution in [0, 0.1) is 0 Å². The van der Waals surface area contributed by atoms with Gasteiger partial charge in [0.15, 0.2) is 0 Å². The lowest BCUT2D eigenvalue weighted by molar-refractivity contribution is 0.0601. The van der Waals surface area contributed by atoms with Crippen LogP contribution >= 0.6 is 11.6 Å². The topological polar surface area (TPSA) is 51.2 Å². The molecule has 0 aliphatic heterocycles. The summed E-state index contributed by atoms with van der Waals surface area (Å²) in [6.07, 6.45) is 1.70. The average Bonchev–Trinajstić information content (AvgIpc) is 2.46. The predicted octanol–water partition coefficient (Wildman–Crippen LogP) is 1.39. The smallest absolute Gasteiger partial charge is 0.341 e. The van der Waals surface area contributed by atoms with Gasteiger partial charge < -0.3 is 10.1 Å². The molecule has 0 saturated carbocycles. The number of pyridine rings is 1. The van der Waals surface area contributed by atoms with Crippen molar-refractivity contribution in [1.29, 1.82) is 0 Å². The summed E-state index contributed by atoms with van der Waals surface area (Å²) in [6.45, 7) is 0.553. The van der Waals surface area contributed by atoms with Crippen molar-refractivity contribution in [2.24, 2.45) is 0 Å². The minimum absolute atomic E-state index is 0.403. The normalized spacial score (nSPS) is 10.1. The van der Waals surface area contributed by atoms with Gasteiger partial charge in [0.25, 0.3) is 0 Å². The number of esters is 1. The van der Waals surface area contributed by atoms with Gasteiger partial charge in [0, 0.05) is 17.8 Å².